The molecule has 23 heavy (non-hydrogen) atoms. The van der Waals surface area contributed by atoms with Crippen molar-refractivity contribution in [3.8, 4) is 0 Å². The molecular formula is C18H18N2O3. The Bertz CT molecular complexity index is 925. The molecule has 2 N–H and O–H groups in total. The number of aliphatic hydroxyl groups is 1. The van der Waals surface area contributed by atoms with E-state index in [-0.39, 0.29) is 22.6 Å². The van der Waals surface area contributed by atoms with Gasteiger partial charge in [0, 0.05) is 13.1 Å². The largest absolute Gasteiger partial charge is 0.510 e. The van der Waals surface area contributed by atoms with Gasteiger partial charge >= 0.3 is 0 Å². The summed E-state index contributed by atoms with van der Waals surface area (Å²) in [7, 11) is 0. The molecule has 5 heteroatoms. The average Bonchev–Trinajstić information content (AvgIpc) is 2.53. The zero-order chi connectivity index (χ0) is 16.6. The number of rotatable bonds is 2. The number of aliphatic hydroxyl groups excluding tert-OH is 1. The molecule has 5 nitrogen and oxygen atoms in total. The first-order chi connectivity index (χ1) is 11.0. The molecule has 1 aliphatic rings. The number of nitrogens with one attached hydrogen (secondary N) is 1. The first kappa shape index (κ1) is 15.1. The third-order valence-electron chi connectivity index (χ3n) is 4.09. The van der Waals surface area contributed by atoms with E-state index in [0.717, 1.165) is 5.56 Å². The number of benzene rings is 1. The number of nitrogens with zero attached hydrogens (tertiary/aromatic N) is 1. The summed E-state index contributed by atoms with van der Waals surface area (Å²) in [5.74, 6) is -0.253. The molecule has 3 rings (SSSR count). The summed E-state index contributed by atoms with van der Waals surface area (Å²) in [5, 5.41) is 10.4. The van der Waals surface area contributed by atoms with Gasteiger partial charge in [-0.05, 0) is 24.5 Å². The lowest BCUT2D eigenvalue weighted by Crippen LogP contribution is -2.49. The lowest BCUT2D eigenvalue weighted by molar-refractivity contribution is 0.0724. The van der Waals surface area contributed by atoms with Crippen LogP contribution in [0.2, 0.25) is 0 Å². The molecule has 1 aromatic heterocycles. The monoisotopic (exact) mass is 310 g/mol. The molecule has 2 aromatic rings. The van der Waals surface area contributed by atoms with Gasteiger partial charge in [0.25, 0.3) is 5.91 Å². The van der Waals surface area contributed by atoms with Crippen molar-refractivity contribution in [2.24, 2.45) is 0 Å². The molecule has 0 unspecified atom stereocenters. The van der Waals surface area contributed by atoms with Gasteiger partial charge in [-0.25, -0.2) is 0 Å². The minimum absolute atomic E-state index is 0.0514. The highest BCUT2D eigenvalue weighted by molar-refractivity contribution is 5.96. The van der Waals surface area contributed by atoms with Gasteiger partial charge in [-0.15, -0.1) is 0 Å². The van der Waals surface area contributed by atoms with Crippen LogP contribution in [0.1, 0.15) is 28.4 Å². The van der Waals surface area contributed by atoms with Crippen LogP contribution in [-0.4, -0.2) is 27.4 Å². The van der Waals surface area contributed by atoms with Crippen molar-refractivity contribution in [3.05, 3.63) is 67.9 Å². The van der Waals surface area contributed by atoms with Gasteiger partial charge in [-0.3, -0.25) is 9.59 Å². The molecule has 1 aliphatic heterocycles. The van der Waals surface area contributed by atoms with E-state index in [0.29, 0.717) is 30.4 Å². The van der Waals surface area contributed by atoms with Gasteiger partial charge in [0.2, 0.25) is 5.43 Å². The Labute approximate surface area is 133 Å². The van der Waals surface area contributed by atoms with E-state index < -0.39 is 5.43 Å². The molecule has 0 bridgehead atoms. The normalized spacial score (nSPS) is 15.3. The molecule has 0 spiro atoms. The first-order valence-corrected chi connectivity index (χ1v) is 7.46. The molecule has 0 fully saturated rings. The number of hydrogen-bond donors (Lipinski definition) is 2. The molecular weight excluding hydrogens is 292 g/mol. The maximum atomic E-state index is 12.8. The average molecular weight is 310 g/mol. The number of carbonyl (C=O) groups is 1. The van der Waals surface area contributed by atoms with Crippen LogP contribution in [0.15, 0.2) is 35.1 Å². The van der Waals surface area contributed by atoms with Crippen molar-refractivity contribution in [1.29, 1.82) is 0 Å². The van der Waals surface area contributed by atoms with Crippen molar-refractivity contribution in [3.63, 3.8) is 0 Å². The van der Waals surface area contributed by atoms with Gasteiger partial charge in [0.05, 0.1) is 16.3 Å². The molecule has 1 aromatic carbocycles. The fourth-order valence-corrected chi connectivity index (χ4v) is 2.94. The van der Waals surface area contributed by atoms with E-state index >= 15 is 0 Å². The van der Waals surface area contributed by atoms with Crippen LogP contribution < -0.4 is 16.1 Å². The Balaban J connectivity index is 2.09. The lowest BCUT2D eigenvalue weighted by atomic mass is 9.98. The van der Waals surface area contributed by atoms with Crippen LogP contribution >= 0.6 is 0 Å². The van der Waals surface area contributed by atoms with E-state index in [1.54, 1.807) is 4.90 Å². The number of aromatic amines is 1. The highest BCUT2D eigenvalue weighted by atomic mass is 16.3. The summed E-state index contributed by atoms with van der Waals surface area (Å²) in [4.78, 5) is 29.6. The number of hydrogen-bond acceptors (Lipinski definition) is 3. The summed E-state index contributed by atoms with van der Waals surface area (Å²) >= 11 is 0. The van der Waals surface area contributed by atoms with E-state index in [2.05, 4.69) is 11.6 Å². The molecule has 0 aliphatic carbocycles. The molecule has 0 radical (unpaired) electrons. The minimum Gasteiger partial charge on any atom is -0.510 e. The van der Waals surface area contributed by atoms with Crippen molar-refractivity contribution < 1.29 is 9.90 Å². The Hall–Kier alpha value is -2.82. The summed E-state index contributed by atoms with van der Waals surface area (Å²) < 4.78 is 0. The number of H-pyrrole nitrogens is 1. The Morgan fingerprint density at radius 3 is 2.65 bits per heavy atom. The topological polar surface area (TPSA) is 73.4 Å². The standard InChI is InChI=1S/C18H18N2O3/c1-11-17(22)15-14(16(19-11)12(2)21)8-9-20(18(15)23)10-13-6-4-3-5-7-13/h3-7,19,21H,1,8-10H2,2H3. The second-order valence-corrected chi connectivity index (χ2v) is 5.71. The Morgan fingerprint density at radius 1 is 1.30 bits per heavy atom. The van der Waals surface area contributed by atoms with E-state index in [1.165, 1.54) is 6.92 Å². The lowest BCUT2D eigenvalue weighted by Gasteiger charge is -2.28. The zero-order valence-electron chi connectivity index (χ0n) is 12.9. The quantitative estimate of drug-likeness (QED) is 0.856. The summed E-state index contributed by atoms with van der Waals surface area (Å²) in [6.07, 6.45) is 0.521. The Kier molecular flexibility index (Phi) is 3.78. The van der Waals surface area contributed by atoms with Gasteiger partial charge in [0.1, 0.15) is 5.76 Å². The second-order valence-electron chi connectivity index (χ2n) is 5.71. The first-order valence-electron chi connectivity index (χ1n) is 7.46. The predicted octanol–water partition coefficient (Wildman–Crippen LogP) is 0.670. The second kappa shape index (κ2) is 5.76. The van der Waals surface area contributed by atoms with E-state index in [1.807, 2.05) is 30.3 Å². The van der Waals surface area contributed by atoms with Gasteiger partial charge in [-0.1, -0.05) is 36.9 Å². The van der Waals surface area contributed by atoms with Gasteiger partial charge in [0.15, 0.2) is 0 Å². The number of carbonyl (C=O) groups excluding carboxylic acids is 1. The van der Waals surface area contributed by atoms with Crippen molar-refractivity contribution >= 4 is 18.2 Å². The number of aromatic nitrogens is 1. The summed E-state index contributed by atoms with van der Waals surface area (Å²) in [6.45, 7) is 6.14. The van der Waals surface area contributed by atoms with Crippen LogP contribution in [-0.2, 0) is 13.0 Å². The van der Waals surface area contributed by atoms with Crippen LogP contribution in [0.5, 0.6) is 0 Å². The van der Waals surface area contributed by atoms with Crippen LogP contribution in [0.4, 0.5) is 0 Å². The minimum atomic E-state index is -0.396. The van der Waals surface area contributed by atoms with Crippen LogP contribution in [0, 0.1) is 0 Å². The number of fused-ring (bicyclic) bond motifs is 1. The van der Waals surface area contributed by atoms with Crippen molar-refractivity contribution in [2.45, 2.75) is 19.9 Å². The third-order valence-corrected chi connectivity index (χ3v) is 4.09. The molecule has 0 saturated carbocycles. The van der Waals surface area contributed by atoms with Crippen LogP contribution in [0.25, 0.3) is 12.3 Å². The Morgan fingerprint density at radius 2 is 2.00 bits per heavy atom. The van der Waals surface area contributed by atoms with Gasteiger partial charge in [-0.2, -0.15) is 0 Å². The predicted molar refractivity (Wildman–Crippen MR) is 88.4 cm³/mol. The summed E-state index contributed by atoms with van der Waals surface area (Å²) in [6, 6.07) is 9.65. The highest BCUT2D eigenvalue weighted by Gasteiger charge is 2.28. The molecule has 118 valence electrons. The van der Waals surface area contributed by atoms with Gasteiger partial charge < -0.3 is 15.0 Å². The maximum Gasteiger partial charge on any atom is 0.258 e. The fourth-order valence-electron chi connectivity index (χ4n) is 2.94. The number of amides is 1. The van der Waals surface area contributed by atoms with Crippen molar-refractivity contribution in [2.75, 3.05) is 6.54 Å². The molecule has 1 amide bonds. The molecule has 0 saturated heterocycles. The zero-order valence-corrected chi connectivity index (χ0v) is 12.9. The van der Waals surface area contributed by atoms with Crippen LogP contribution in [0.3, 0.4) is 0 Å². The SMILES string of the molecule is C=c1[nH]c(=C(C)O)c2c(c1=O)C(=O)N(Cc1ccccc1)CC2. The number of pyridine rings is 1. The fraction of sp³-hybridized carbons (Fsp3) is 0.222. The molecule has 0 atom stereocenters. The maximum absolute atomic E-state index is 12.8. The smallest absolute Gasteiger partial charge is 0.258 e. The summed E-state index contributed by atoms with van der Waals surface area (Å²) in [5.41, 5.74) is 1.32. The van der Waals surface area contributed by atoms with Crippen molar-refractivity contribution in [1.82, 2.24) is 9.88 Å². The highest BCUT2D eigenvalue weighted by Crippen LogP contribution is 2.15. The van der Waals surface area contributed by atoms with E-state index in [9.17, 15) is 14.7 Å². The molecule has 2 heterocycles. The third kappa shape index (κ3) is 2.65. The van der Waals surface area contributed by atoms with E-state index in [4.69, 9.17) is 0 Å².